The summed E-state index contributed by atoms with van der Waals surface area (Å²) in [6.45, 7) is 5.94. The summed E-state index contributed by atoms with van der Waals surface area (Å²) in [4.78, 5) is 19.1. The van der Waals surface area contributed by atoms with E-state index in [9.17, 15) is 4.79 Å². The fourth-order valence-corrected chi connectivity index (χ4v) is 4.30. The van der Waals surface area contributed by atoms with E-state index in [2.05, 4.69) is 38.3 Å². The van der Waals surface area contributed by atoms with Crippen molar-refractivity contribution in [3.63, 3.8) is 0 Å². The van der Waals surface area contributed by atoms with E-state index in [0.717, 1.165) is 18.2 Å². The van der Waals surface area contributed by atoms with Gasteiger partial charge in [0.25, 0.3) is 0 Å². The van der Waals surface area contributed by atoms with Crippen molar-refractivity contribution in [2.75, 3.05) is 62.1 Å². The van der Waals surface area contributed by atoms with E-state index in [-0.39, 0.29) is 6.03 Å². The third-order valence-corrected chi connectivity index (χ3v) is 6.23. The summed E-state index contributed by atoms with van der Waals surface area (Å²) in [6, 6.07) is 9.80. The van der Waals surface area contributed by atoms with E-state index in [4.69, 9.17) is 9.47 Å². The van der Waals surface area contributed by atoms with Crippen molar-refractivity contribution in [3.8, 4) is 11.5 Å². The average Bonchev–Trinajstić information content (AvgIpc) is 2.84. The number of carbonyl (C=O) groups excluding carboxylic acids is 1. The van der Waals surface area contributed by atoms with Gasteiger partial charge in [-0.3, -0.25) is 0 Å². The maximum Gasteiger partial charge on any atom is 0.321 e. The molecule has 0 spiro atoms. The van der Waals surface area contributed by atoms with Gasteiger partial charge in [-0.2, -0.15) is 0 Å². The number of anilines is 3. The molecule has 172 valence electrons. The number of benzene rings is 1. The summed E-state index contributed by atoms with van der Waals surface area (Å²) in [7, 11) is 3.17. The zero-order valence-electron chi connectivity index (χ0n) is 19.1. The number of nitrogens with zero attached hydrogens (tertiary/aromatic N) is 5. The van der Waals surface area contributed by atoms with Gasteiger partial charge in [0.1, 0.15) is 11.5 Å². The molecule has 1 atom stereocenters. The minimum Gasteiger partial charge on any atom is -0.497 e. The highest BCUT2D eigenvalue weighted by Crippen LogP contribution is 2.26. The van der Waals surface area contributed by atoms with Gasteiger partial charge < -0.3 is 29.5 Å². The minimum atomic E-state index is -0.138. The molecule has 1 aromatic heterocycles. The van der Waals surface area contributed by atoms with Crippen molar-refractivity contribution < 1.29 is 14.3 Å². The van der Waals surface area contributed by atoms with Crippen molar-refractivity contribution in [1.82, 2.24) is 15.1 Å². The number of hydrogen-bond acceptors (Lipinski definition) is 7. The molecule has 2 aliphatic heterocycles. The van der Waals surface area contributed by atoms with Crippen LogP contribution in [-0.2, 0) is 0 Å². The van der Waals surface area contributed by atoms with Gasteiger partial charge >= 0.3 is 6.03 Å². The molecule has 1 N–H and O–H groups in total. The number of carbonyl (C=O) groups is 1. The smallest absolute Gasteiger partial charge is 0.321 e. The zero-order valence-corrected chi connectivity index (χ0v) is 19.1. The van der Waals surface area contributed by atoms with Crippen LogP contribution >= 0.6 is 0 Å². The first-order chi connectivity index (χ1) is 15.6. The van der Waals surface area contributed by atoms with Crippen LogP contribution in [0.15, 0.2) is 30.3 Å². The van der Waals surface area contributed by atoms with E-state index < -0.39 is 0 Å². The van der Waals surface area contributed by atoms with Crippen LogP contribution in [0, 0.1) is 0 Å². The standard InChI is InChI=1S/C23H32N6O3/c1-17-6-4-5-9-29(17)22-8-7-21(25-26-22)27-10-12-28(13-11-27)23(30)24-18-14-19(31-2)16-20(15-18)32-3/h7-8,14-17H,4-6,9-13H2,1-3H3,(H,24,30). The Balaban J connectivity index is 1.32. The Morgan fingerprint density at radius 1 is 0.938 bits per heavy atom. The van der Waals surface area contributed by atoms with Crippen molar-refractivity contribution in [3.05, 3.63) is 30.3 Å². The summed E-state index contributed by atoms with van der Waals surface area (Å²) in [5.74, 6) is 3.07. The van der Waals surface area contributed by atoms with Crippen LogP contribution in [0.3, 0.4) is 0 Å². The number of amides is 2. The third kappa shape index (κ3) is 4.98. The first-order valence-corrected chi connectivity index (χ1v) is 11.2. The monoisotopic (exact) mass is 440 g/mol. The van der Waals surface area contributed by atoms with Gasteiger partial charge in [-0.1, -0.05) is 0 Å². The number of piperidine rings is 1. The molecule has 32 heavy (non-hydrogen) atoms. The molecule has 1 unspecified atom stereocenters. The average molecular weight is 441 g/mol. The van der Waals surface area contributed by atoms with Crippen molar-refractivity contribution in [1.29, 1.82) is 0 Å². The number of urea groups is 1. The van der Waals surface area contributed by atoms with Crippen LogP contribution < -0.4 is 24.6 Å². The highest BCUT2D eigenvalue weighted by atomic mass is 16.5. The molecule has 2 amide bonds. The quantitative estimate of drug-likeness (QED) is 0.764. The Morgan fingerprint density at radius 3 is 2.19 bits per heavy atom. The van der Waals surface area contributed by atoms with E-state index >= 15 is 0 Å². The zero-order chi connectivity index (χ0) is 22.5. The normalized spacial score (nSPS) is 19.0. The van der Waals surface area contributed by atoms with Crippen LogP contribution in [0.25, 0.3) is 0 Å². The molecule has 2 aliphatic rings. The largest absolute Gasteiger partial charge is 0.497 e. The summed E-state index contributed by atoms with van der Waals surface area (Å²) < 4.78 is 10.5. The summed E-state index contributed by atoms with van der Waals surface area (Å²) in [5.41, 5.74) is 0.641. The highest BCUT2D eigenvalue weighted by Gasteiger charge is 2.24. The second-order valence-electron chi connectivity index (χ2n) is 8.29. The molecule has 2 saturated heterocycles. The van der Waals surface area contributed by atoms with Crippen LogP contribution in [0.4, 0.5) is 22.1 Å². The molecule has 9 heteroatoms. The number of ether oxygens (including phenoxy) is 2. The number of methoxy groups -OCH3 is 2. The number of piperazine rings is 1. The van der Waals surface area contributed by atoms with Gasteiger partial charge in [-0.15, -0.1) is 10.2 Å². The van der Waals surface area contributed by atoms with Crippen LogP contribution in [0.1, 0.15) is 26.2 Å². The Labute approximate surface area is 189 Å². The van der Waals surface area contributed by atoms with Crippen molar-refractivity contribution in [2.45, 2.75) is 32.2 Å². The van der Waals surface area contributed by atoms with Crippen LogP contribution in [-0.4, -0.2) is 74.1 Å². The molecule has 0 radical (unpaired) electrons. The van der Waals surface area contributed by atoms with E-state index in [1.165, 1.54) is 19.3 Å². The predicted octanol–water partition coefficient (Wildman–Crippen LogP) is 3.23. The van der Waals surface area contributed by atoms with Gasteiger partial charge in [0.05, 0.1) is 14.2 Å². The molecule has 4 rings (SSSR count). The Hall–Kier alpha value is -3.23. The summed E-state index contributed by atoms with van der Waals surface area (Å²) >= 11 is 0. The number of nitrogens with one attached hydrogen (secondary N) is 1. The van der Waals surface area contributed by atoms with Gasteiger partial charge in [-0.25, -0.2) is 4.79 Å². The van der Waals surface area contributed by atoms with Gasteiger partial charge in [-0.05, 0) is 38.3 Å². The summed E-state index contributed by atoms with van der Waals surface area (Å²) in [6.07, 6.45) is 3.70. The first kappa shape index (κ1) is 22.0. The number of hydrogen-bond donors (Lipinski definition) is 1. The lowest BCUT2D eigenvalue weighted by Crippen LogP contribution is -2.50. The first-order valence-electron chi connectivity index (χ1n) is 11.2. The Kier molecular flexibility index (Phi) is 6.82. The molecule has 0 aliphatic carbocycles. The SMILES string of the molecule is COc1cc(NC(=O)N2CCN(c3ccc(N4CCCCC4C)nn3)CC2)cc(OC)c1. The Bertz CT molecular complexity index is 892. The van der Waals surface area contributed by atoms with E-state index in [1.54, 1.807) is 37.3 Å². The molecule has 3 heterocycles. The van der Waals surface area contributed by atoms with Crippen molar-refractivity contribution >= 4 is 23.4 Å². The van der Waals surface area contributed by atoms with Gasteiger partial charge in [0, 0.05) is 62.7 Å². The fraction of sp³-hybridized carbons (Fsp3) is 0.522. The lowest BCUT2D eigenvalue weighted by atomic mass is 10.0. The molecule has 0 saturated carbocycles. The van der Waals surface area contributed by atoms with Gasteiger partial charge in [0.2, 0.25) is 0 Å². The molecule has 0 bridgehead atoms. The topological polar surface area (TPSA) is 83.1 Å². The van der Waals surface area contributed by atoms with E-state index in [1.807, 2.05) is 6.07 Å². The van der Waals surface area contributed by atoms with Crippen molar-refractivity contribution in [2.24, 2.45) is 0 Å². The molecule has 2 fully saturated rings. The number of aromatic nitrogens is 2. The Morgan fingerprint density at radius 2 is 1.59 bits per heavy atom. The lowest BCUT2D eigenvalue weighted by molar-refractivity contribution is 0.208. The van der Waals surface area contributed by atoms with E-state index in [0.29, 0.717) is 49.4 Å². The highest BCUT2D eigenvalue weighted by molar-refractivity contribution is 5.90. The third-order valence-electron chi connectivity index (χ3n) is 6.23. The fourth-order valence-electron chi connectivity index (χ4n) is 4.30. The molecular formula is C23H32N6O3. The minimum absolute atomic E-state index is 0.138. The second-order valence-corrected chi connectivity index (χ2v) is 8.29. The molecule has 1 aromatic carbocycles. The van der Waals surface area contributed by atoms with Gasteiger partial charge in [0.15, 0.2) is 11.6 Å². The van der Waals surface area contributed by atoms with Crippen LogP contribution in [0.2, 0.25) is 0 Å². The van der Waals surface area contributed by atoms with Crippen LogP contribution in [0.5, 0.6) is 11.5 Å². The molecule has 2 aromatic rings. The number of rotatable bonds is 5. The summed E-state index contributed by atoms with van der Waals surface area (Å²) in [5, 5.41) is 11.9. The maximum absolute atomic E-state index is 12.7. The second kappa shape index (κ2) is 9.93. The lowest BCUT2D eigenvalue weighted by Gasteiger charge is -2.36. The molecular weight excluding hydrogens is 408 g/mol. The maximum atomic E-state index is 12.7. The predicted molar refractivity (Wildman–Crippen MR) is 125 cm³/mol. The molecule has 9 nitrogen and oxygen atoms in total.